The minimum atomic E-state index is -4.12. The van der Waals surface area contributed by atoms with Crippen molar-refractivity contribution in [2.45, 2.75) is 128 Å². The summed E-state index contributed by atoms with van der Waals surface area (Å²) < 4.78 is 138. The molecule has 6 atom stereocenters. The van der Waals surface area contributed by atoms with E-state index in [1.165, 1.54) is 68.2 Å². The molecule has 1 aromatic carbocycles. The summed E-state index contributed by atoms with van der Waals surface area (Å²) in [5, 5.41) is 10.1. The minimum Gasteiger partial charge on any atom is -0.481 e. The molecule has 0 saturated heterocycles. The number of nitrogens with zero attached hydrogens (tertiary/aromatic N) is 13. The van der Waals surface area contributed by atoms with Gasteiger partial charge in [0.2, 0.25) is 15.9 Å². The van der Waals surface area contributed by atoms with Crippen LogP contribution in [0, 0.1) is 126 Å². The quantitative estimate of drug-likeness (QED) is 0.0214. The van der Waals surface area contributed by atoms with Gasteiger partial charge in [-0.3, -0.25) is 14.4 Å². The molecule has 0 unspecified atom stereocenters. The molecule has 9 fully saturated rings. The van der Waals surface area contributed by atoms with E-state index in [0.29, 0.717) is 40.5 Å². The first kappa shape index (κ1) is 94.9. The largest absolute Gasteiger partial charge is 0.481 e. The number of fused-ring (bicyclic) bond motifs is 11. The standard InChI is InChI=1S/C30H30F2N4O4S2.C22H22F2N4O2S.C16H20ClFN2O2S.C5H3Cl2FN2S.C4Cl3FN2.CH3.W/c1-16-4-10-20(11-5-16)42(38,39)36-15-23(22-12-19(31)14-33-28(22)36)27-34-24(26(32)29(35-27)41-3)13-21-17-6-8-18(9-7-17)25(21)30(37)40-2;1-31-21-18(24)16(7-13-10-2-4-11(5-3-10)17(13)22(29)30)27-20(28-21)15-9-26-19-14(15)6-12(23)8-25-19;1-22-15(21)12-9-5-3-8(4-6-9)10(12)7-11-13(18)14(23-2)20-16(17)19-11;1-11-4-2(8)3(6)9-5(7)10-4;5-2-1(8)3(6)10-4(7)9-2;;/h4-5,10-12,14-15,17-18,21,25H,6-9,13H2,1-3H3;6,8-11,13,17H,2-5,7H2,1H3,(H,25,26)(H,29,30);8-10,12H,3-7H2,1-2H3;1H3;;1H3;/q;;;;;-1;/t17?,18?,21-,25-;10?,11?,13-,17-;8?,9?,10-,12-;;;;/m000..../s1. The Hall–Kier alpha value is -6.30. The van der Waals surface area contributed by atoms with Crippen LogP contribution in [-0.2, 0) is 74.2 Å². The number of hydrogen-bond donors (Lipinski definition) is 2. The molecule has 41 heteroatoms. The van der Waals surface area contributed by atoms with E-state index in [-0.39, 0.29) is 202 Å². The molecule has 9 saturated carbocycles. The zero-order valence-corrected chi connectivity index (χ0v) is 76.3. The van der Waals surface area contributed by atoms with Gasteiger partial charge in [-0.15, -0.1) is 47.0 Å². The first-order chi connectivity index (χ1) is 55.9. The second-order valence-electron chi connectivity index (χ2n) is 28.9. The summed E-state index contributed by atoms with van der Waals surface area (Å²) in [6, 6.07) is 8.89. The van der Waals surface area contributed by atoms with Gasteiger partial charge in [0, 0.05) is 55.4 Å². The van der Waals surface area contributed by atoms with Crippen molar-refractivity contribution in [1.82, 2.24) is 68.8 Å². The molecule has 9 aliphatic rings. The Bertz CT molecular complexity index is 5470. The molecule has 9 aromatic heterocycles. The molecule has 0 radical (unpaired) electrons. The second kappa shape index (κ2) is 41.5. The molecule has 9 heterocycles. The molecule has 119 heavy (non-hydrogen) atoms. The molecule has 2 N–H and O–H groups in total. The van der Waals surface area contributed by atoms with Crippen molar-refractivity contribution < 1.29 is 89.2 Å². The topological polar surface area (TPSA) is 299 Å². The molecule has 19 rings (SSSR count). The van der Waals surface area contributed by atoms with Crippen LogP contribution in [0.1, 0.15) is 99.7 Å². The Kier molecular flexibility index (Phi) is 33.1. The van der Waals surface area contributed by atoms with Crippen LogP contribution in [0.5, 0.6) is 0 Å². The number of thioether (sulfide) groups is 4. The van der Waals surface area contributed by atoms with Crippen molar-refractivity contribution in [3.8, 4) is 22.8 Å². The van der Waals surface area contributed by atoms with Crippen LogP contribution < -0.4 is 0 Å². The molecular weight excluding hydrogens is 1950 g/mol. The van der Waals surface area contributed by atoms with Crippen LogP contribution in [0.3, 0.4) is 0 Å². The predicted octanol–water partition coefficient (Wildman–Crippen LogP) is 19.9. The number of pyridine rings is 2. The summed E-state index contributed by atoms with van der Waals surface area (Å²) >= 11 is 37.0. The van der Waals surface area contributed by atoms with Gasteiger partial charge in [0.15, 0.2) is 61.8 Å². The Balaban J connectivity index is 0.000000170. The van der Waals surface area contributed by atoms with Crippen molar-refractivity contribution in [3.05, 3.63) is 163 Å². The van der Waals surface area contributed by atoms with E-state index < -0.39 is 62.6 Å². The molecule has 636 valence electrons. The van der Waals surface area contributed by atoms with Gasteiger partial charge in [-0.2, -0.15) is 0 Å². The van der Waals surface area contributed by atoms with E-state index in [9.17, 15) is 49.9 Å². The van der Waals surface area contributed by atoms with E-state index in [1.807, 2.05) is 6.92 Å². The number of nitrogens with one attached hydrogen (secondary N) is 1. The zero-order chi connectivity index (χ0) is 84.2. The third kappa shape index (κ3) is 21.0. The molecule has 0 amide bonds. The number of esters is 2. The molecule has 22 nitrogen and oxygen atoms in total. The molecule has 0 aliphatic heterocycles. The van der Waals surface area contributed by atoms with Crippen molar-refractivity contribution in [2.24, 2.45) is 71.0 Å². The fourth-order valence-electron chi connectivity index (χ4n) is 17.4. The third-order valence-corrected chi connectivity index (χ3v) is 28.3. The number of benzene rings is 1. The molecule has 10 aromatic rings. The van der Waals surface area contributed by atoms with Crippen molar-refractivity contribution in [2.75, 3.05) is 39.2 Å². The van der Waals surface area contributed by atoms with Crippen LogP contribution in [0.2, 0.25) is 31.3 Å². The van der Waals surface area contributed by atoms with Gasteiger partial charge >= 0.3 is 17.9 Å². The fourth-order valence-corrected chi connectivity index (χ4v) is 22.0. The van der Waals surface area contributed by atoms with Crippen molar-refractivity contribution >= 4 is 167 Å². The Morgan fingerprint density at radius 2 is 0.866 bits per heavy atom. The summed E-state index contributed by atoms with van der Waals surface area (Å²) in [4.78, 5) is 87.7. The zero-order valence-electron chi connectivity index (χ0n) is 64.8. The first-order valence-electron chi connectivity index (χ1n) is 36.8. The van der Waals surface area contributed by atoms with Crippen LogP contribution in [-0.4, -0.2) is 139 Å². The normalized spacial score (nSPS) is 21.8. The van der Waals surface area contributed by atoms with E-state index in [1.54, 1.807) is 43.4 Å². The summed E-state index contributed by atoms with van der Waals surface area (Å²) in [6.45, 7) is 1.85. The number of ether oxygens (including phenoxy) is 2. The number of carboxylic acids is 1. The van der Waals surface area contributed by atoms with Gasteiger partial charge in [-0.1, -0.05) is 52.5 Å². The smallest absolute Gasteiger partial charge is 0.309 e. The number of carboxylic acid groups (broad SMARTS) is 1. The SMILES string of the molecule is COC(=O)[C@H]1C2CCC(CC2)[C@@H]1Cc1nc(-c2cn(S(=O)(=O)c3ccc(C)cc3)c3ncc(F)cc23)nc(SC)c1F.COC(=O)[C@H]1C2CCC(CC2)[C@@H]1Cc1nc(Cl)nc(SC)c1F.CSc1nc(-c2c[nH]c3ncc(F)cc23)nc(C[C@H]2C3CCC(CC3)[C@@H]2C(=O)O)c1F.CSc1nc(Cl)nc(Cl)c1F.Fc1c(Cl)nc(Cl)nc1Cl.[CH3-].[W]. The first-order valence-corrected chi connectivity index (χ1v) is 45.4. The number of aryl methyl sites for hydroxylation is 1. The maximum atomic E-state index is 15.8. The van der Waals surface area contributed by atoms with Crippen molar-refractivity contribution in [1.29, 1.82) is 0 Å². The van der Waals surface area contributed by atoms with Gasteiger partial charge in [0.05, 0.1) is 66.3 Å². The summed E-state index contributed by atoms with van der Waals surface area (Å²) in [5.41, 5.74) is 2.83. The number of rotatable bonds is 17. The number of carbonyl (C=O) groups excluding carboxylic acids is 2. The number of aliphatic carboxylic acids is 1. The van der Waals surface area contributed by atoms with E-state index in [4.69, 9.17) is 79.1 Å². The maximum absolute atomic E-state index is 15.8. The third-order valence-electron chi connectivity index (χ3n) is 22.7. The molecule has 9 aliphatic carbocycles. The molecule has 0 spiro atoms. The average molecular weight is 2030 g/mol. The average Bonchev–Trinajstić information content (AvgIpc) is 0.802. The number of halogens is 13. The second-order valence-corrected chi connectivity index (χ2v) is 36.0. The van der Waals surface area contributed by atoms with Gasteiger partial charge in [-0.25, -0.2) is 103 Å². The summed E-state index contributed by atoms with van der Waals surface area (Å²) in [6.07, 6.45) is 24.7. The number of aromatic nitrogens is 14. The fraction of sp³-hybridized carbons (Fsp3) is 0.436. The van der Waals surface area contributed by atoms with Gasteiger partial charge in [0.1, 0.15) is 37.4 Å². The van der Waals surface area contributed by atoms with Crippen molar-refractivity contribution in [3.63, 3.8) is 0 Å². The van der Waals surface area contributed by atoms with Gasteiger partial charge in [-0.05, 0) is 241 Å². The Morgan fingerprint density at radius 1 is 0.496 bits per heavy atom. The number of methoxy groups -OCH3 is 2. The molecular formula is C78H78Cl6F7N14O8S5W-. The summed E-state index contributed by atoms with van der Waals surface area (Å²) in [5.74, 6) is -4.53. The van der Waals surface area contributed by atoms with Crippen LogP contribution in [0.4, 0.5) is 30.7 Å². The van der Waals surface area contributed by atoms with Crippen LogP contribution in [0.25, 0.3) is 44.8 Å². The summed E-state index contributed by atoms with van der Waals surface area (Å²) in [7, 11) is -1.31. The van der Waals surface area contributed by atoms with Crippen LogP contribution >= 0.6 is 117 Å². The monoisotopic (exact) mass is 2030 g/mol. The Morgan fingerprint density at radius 3 is 1.31 bits per heavy atom. The maximum Gasteiger partial charge on any atom is 0.309 e. The predicted molar refractivity (Wildman–Crippen MR) is 441 cm³/mol. The number of carbonyl (C=O) groups is 3. The number of hydrogen-bond acceptors (Lipinski definition) is 23. The van der Waals surface area contributed by atoms with Gasteiger partial charge in [0.25, 0.3) is 10.0 Å². The molecule has 6 bridgehead atoms. The van der Waals surface area contributed by atoms with Crippen LogP contribution in [0.15, 0.2) is 86.2 Å². The van der Waals surface area contributed by atoms with E-state index in [0.717, 1.165) is 123 Å². The number of aromatic amines is 1. The van der Waals surface area contributed by atoms with E-state index >= 15 is 8.78 Å². The van der Waals surface area contributed by atoms with E-state index in [2.05, 4.69) is 64.8 Å². The van der Waals surface area contributed by atoms with Gasteiger partial charge < -0.3 is 27.0 Å². The minimum absolute atomic E-state index is 0. The number of H-pyrrole nitrogens is 1. The Labute approximate surface area is 742 Å².